The smallest absolute Gasteiger partial charge is 0.262 e. The molecule has 23 heavy (non-hydrogen) atoms. The zero-order chi connectivity index (χ0) is 17.0. The lowest BCUT2D eigenvalue weighted by molar-refractivity contribution is -0.118. The van der Waals surface area contributed by atoms with Gasteiger partial charge in [-0.3, -0.25) is 4.79 Å². The summed E-state index contributed by atoms with van der Waals surface area (Å²) in [6.07, 6.45) is 1.14. The largest absolute Gasteiger partial charge is 0.484 e. The first-order valence-electron chi connectivity index (χ1n) is 6.74. The second-order valence-corrected chi connectivity index (χ2v) is 7.97. The molecular formula is C16H16BrNO4S. The van der Waals surface area contributed by atoms with E-state index in [-0.39, 0.29) is 17.4 Å². The summed E-state index contributed by atoms with van der Waals surface area (Å²) in [6, 6.07) is 11.5. The van der Waals surface area contributed by atoms with Gasteiger partial charge in [0.1, 0.15) is 5.75 Å². The van der Waals surface area contributed by atoms with E-state index in [2.05, 4.69) is 21.2 Å². The summed E-state index contributed by atoms with van der Waals surface area (Å²) in [7, 11) is -3.24. The van der Waals surface area contributed by atoms with Gasteiger partial charge in [-0.2, -0.15) is 0 Å². The Balaban J connectivity index is 1.94. The molecule has 1 amide bonds. The van der Waals surface area contributed by atoms with Crippen LogP contribution in [0.3, 0.4) is 0 Å². The van der Waals surface area contributed by atoms with Crippen molar-refractivity contribution in [1.29, 1.82) is 0 Å². The summed E-state index contributed by atoms with van der Waals surface area (Å²) in [4.78, 5) is 12.1. The Hall–Kier alpha value is -1.86. The molecule has 2 aromatic rings. The number of ether oxygens (including phenoxy) is 1. The third kappa shape index (κ3) is 5.07. The molecule has 0 aliphatic carbocycles. The molecule has 2 rings (SSSR count). The molecule has 5 nitrogen and oxygen atoms in total. The summed E-state index contributed by atoms with van der Waals surface area (Å²) >= 11 is 3.36. The molecule has 0 heterocycles. The van der Waals surface area contributed by atoms with Crippen molar-refractivity contribution in [3.63, 3.8) is 0 Å². The molecule has 0 fully saturated rings. The van der Waals surface area contributed by atoms with Gasteiger partial charge in [0.25, 0.3) is 5.91 Å². The van der Waals surface area contributed by atoms with Gasteiger partial charge in [-0.25, -0.2) is 8.42 Å². The summed E-state index contributed by atoms with van der Waals surface area (Å²) in [6.45, 7) is 1.73. The number of nitrogens with one attached hydrogen (secondary N) is 1. The van der Waals surface area contributed by atoms with Gasteiger partial charge in [-0.1, -0.05) is 15.9 Å². The molecular weight excluding hydrogens is 382 g/mol. The molecule has 0 atom stereocenters. The summed E-state index contributed by atoms with van der Waals surface area (Å²) < 4.78 is 29.0. The molecule has 0 aliphatic rings. The number of benzene rings is 2. The minimum absolute atomic E-state index is 0.159. The van der Waals surface area contributed by atoms with Gasteiger partial charge in [0.15, 0.2) is 16.4 Å². The average molecular weight is 398 g/mol. The number of carbonyl (C=O) groups is 1. The van der Waals surface area contributed by atoms with E-state index in [1.807, 2.05) is 19.1 Å². The lowest BCUT2D eigenvalue weighted by atomic mass is 10.2. The number of sulfone groups is 1. The predicted octanol–water partition coefficient (Wildman–Crippen LogP) is 3.18. The van der Waals surface area contributed by atoms with E-state index >= 15 is 0 Å². The maximum Gasteiger partial charge on any atom is 0.262 e. The number of halogens is 1. The van der Waals surface area contributed by atoms with Crippen LogP contribution in [0.25, 0.3) is 0 Å². The number of hydrogen-bond acceptors (Lipinski definition) is 4. The first-order valence-corrected chi connectivity index (χ1v) is 9.43. The Morgan fingerprint density at radius 1 is 1.17 bits per heavy atom. The average Bonchev–Trinajstić information content (AvgIpc) is 2.47. The fourth-order valence-electron chi connectivity index (χ4n) is 1.89. The first-order chi connectivity index (χ1) is 10.8. The third-order valence-corrected chi connectivity index (χ3v) is 4.71. The van der Waals surface area contributed by atoms with Gasteiger partial charge < -0.3 is 10.1 Å². The molecule has 0 radical (unpaired) electrons. The first kappa shape index (κ1) is 17.5. The Kier molecular flexibility index (Phi) is 5.43. The van der Waals surface area contributed by atoms with E-state index in [1.165, 1.54) is 24.3 Å². The molecule has 0 bridgehead atoms. The van der Waals surface area contributed by atoms with Crippen molar-refractivity contribution in [2.45, 2.75) is 11.8 Å². The van der Waals surface area contributed by atoms with Crippen LogP contribution in [-0.4, -0.2) is 27.2 Å². The minimum Gasteiger partial charge on any atom is -0.484 e. The van der Waals surface area contributed by atoms with E-state index in [0.29, 0.717) is 11.4 Å². The molecule has 122 valence electrons. The topological polar surface area (TPSA) is 72.5 Å². The van der Waals surface area contributed by atoms with Crippen LogP contribution in [0, 0.1) is 6.92 Å². The summed E-state index contributed by atoms with van der Waals surface area (Å²) in [5, 5.41) is 2.76. The van der Waals surface area contributed by atoms with Crippen LogP contribution in [0.5, 0.6) is 5.75 Å². The number of aryl methyl sites for hydroxylation is 1. The molecule has 7 heteroatoms. The lowest BCUT2D eigenvalue weighted by Crippen LogP contribution is -2.20. The number of rotatable bonds is 5. The van der Waals surface area contributed by atoms with E-state index in [4.69, 9.17) is 4.74 Å². The molecule has 0 aliphatic heterocycles. The molecule has 0 saturated carbocycles. The van der Waals surface area contributed by atoms with Gasteiger partial charge in [0, 0.05) is 16.4 Å². The second kappa shape index (κ2) is 7.14. The molecule has 0 saturated heterocycles. The van der Waals surface area contributed by atoms with Crippen LogP contribution in [-0.2, 0) is 14.6 Å². The van der Waals surface area contributed by atoms with Crippen LogP contribution < -0.4 is 10.1 Å². The number of anilines is 1. The number of hydrogen-bond donors (Lipinski definition) is 1. The molecule has 0 spiro atoms. The second-order valence-electron chi connectivity index (χ2n) is 5.04. The van der Waals surface area contributed by atoms with Crippen molar-refractivity contribution in [2.24, 2.45) is 0 Å². The monoisotopic (exact) mass is 397 g/mol. The van der Waals surface area contributed by atoms with Gasteiger partial charge in [0.2, 0.25) is 0 Å². The summed E-state index contributed by atoms with van der Waals surface area (Å²) in [5.74, 6) is 0.141. The summed E-state index contributed by atoms with van der Waals surface area (Å²) in [5.41, 5.74) is 1.65. The maximum atomic E-state index is 11.9. The Labute approximate surface area is 143 Å². The highest BCUT2D eigenvalue weighted by Crippen LogP contribution is 2.20. The third-order valence-electron chi connectivity index (χ3n) is 3.08. The number of carbonyl (C=O) groups excluding carboxylic acids is 1. The molecule has 1 N–H and O–H groups in total. The van der Waals surface area contributed by atoms with Crippen LogP contribution in [0.4, 0.5) is 5.69 Å². The molecule has 2 aromatic carbocycles. The van der Waals surface area contributed by atoms with Crippen LogP contribution in [0.1, 0.15) is 5.56 Å². The van der Waals surface area contributed by atoms with Crippen molar-refractivity contribution in [2.75, 3.05) is 18.2 Å². The van der Waals surface area contributed by atoms with Crippen LogP contribution in [0.2, 0.25) is 0 Å². The van der Waals surface area contributed by atoms with E-state index in [0.717, 1.165) is 16.3 Å². The zero-order valence-corrected chi connectivity index (χ0v) is 15.1. The Bertz CT molecular complexity index is 816. The predicted molar refractivity (Wildman–Crippen MR) is 92.6 cm³/mol. The Morgan fingerprint density at radius 3 is 2.39 bits per heavy atom. The minimum atomic E-state index is -3.24. The van der Waals surface area contributed by atoms with Gasteiger partial charge >= 0.3 is 0 Å². The quantitative estimate of drug-likeness (QED) is 0.840. The Morgan fingerprint density at radius 2 is 1.83 bits per heavy atom. The zero-order valence-electron chi connectivity index (χ0n) is 12.7. The van der Waals surface area contributed by atoms with Crippen molar-refractivity contribution in [1.82, 2.24) is 0 Å². The highest BCUT2D eigenvalue weighted by Gasteiger charge is 2.08. The van der Waals surface area contributed by atoms with Crippen LogP contribution in [0.15, 0.2) is 51.8 Å². The highest BCUT2D eigenvalue weighted by atomic mass is 79.9. The molecule has 0 aromatic heterocycles. The molecule has 0 unspecified atom stereocenters. The van der Waals surface area contributed by atoms with Gasteiger partial charge in [0.05, 0.1) is 4.90 Å². The lowest BCUT2D eigenvalue weighted by Gasteiger charge is -2.10. The van der Waals surface area contributed by atoms with E-state index in [1.54, 1.807) is 6.07 Å². The number of amides is 1. The van der Waals surface area contributed by atoms with Gasteiger partial charge in [-0.05, 0) is 55.0 Å². The van der Waals surface area contributed by atoms with E-state index < -0.39 is 9.84 Å². The van der Waals surface area contributed by atoms with Crippen molar-refractivity contribution in [3.05, 3.63) is 52.5 Å². The fraction of sp³-hybridized carbons (Fsp3) is 0.188. The fourth-order valence-corrected chi connectivity index (χ4v) is 2.99. The van der Waals surface area contributed by atoms with E-state index in [9.17, 15) is 13.2 Å². The van der Waals surface area contributed by atoms with Crippen molar-refractivity contribution < 1.29 is 17.9 Å². The van der Waals surface area contributed by atoms with Crippen molar-refractivity contribution in [3.8, 4) is 5.75 Å². The van der Waals surface area contributed by atoms with Gasteiger partial charge in [-0.15, -0.1) is 0 Å². The van der Waals surface area contributed by atoms with Crippen LogP contribution >= 0.6 is 15.9 Å². The normalized spacial score (nSPS) is 11.1. The van der Waals surface area contributed by atoms with Crippen molar-refractivity contribution >= 4 is 37.4 Å². The maximum absolute atomic E-state index is 11.9. The standard InChI is InChI=1S/C16H16BrNO4S/c1-11-9-12(17)3-8-15(11)18-16(19)10-22-13-4-6-14(7-5-13)23(2,20)21/h3-9H,10H2,1-2H3,(H,18,19). The SMILES string of the molecule is Cc1cc(Br)ccc1NC(=O)COc1ccc(S(C)(=O)=O)cc1. The highest BCUT2D eigenvalue weighted by molar-refractivity contribution is 9.10.